The molecule has 5 heteroatoms. The van der Waals surface area contributed by atoms with Crippen LogP contribution in [0.1, 0.15) is 44.7 Å². The molecule has 1 aromatic carbocycles. The van der Waals surface area contributed by atoms with Gasteiger partial charge in [-0.2, -0.15) is 5.10 Å². The Morgan fingerprint density at radius 1 is 1.36 bits per heavy atom. The number of aromatic nitrogens is 2. The Morgan fingerprint density at radius 3 is 2.64 bits per heavy atom. The summed E-state index contributed by atoms with van der Waals surface area (Å²) in [6.45, 7) is 9.34. The zero-order chi connectivity index (χ0) is 16.5. The zero-order valence-corrected chi connectivity index (χ0v) is 14.3. The molecular formula is C17H21ClN2O2. The van der Waals surface area contributed by atoms with Gasteiger partial charge in [0.2, 0.25) is 0 Å². The van der Waals surface area contributed by atoms with Crippen LogP contribution in [0.3, 0.4) is 0 Å². The van der Waals surface area contributed by atoms with Gasteiger partial charge >= 0.3 is 5.97 Å². The standard InChI is InChI=1S/C17H21ClN2O2/c1-11-8-14(6-7-15(11)18)20-10-13(9-19-20)12(2)16(21)22-17(3,4)5/h6-10,12H,1-5H3. The predicted octanol–water partition coefficient (Wildman–Crippen LogP) is 4.28. The Bertz CT molecular complexity index is 686. The Hall–Kier alpha value is -1.81. The van der Waals surface area contributed by atoms with Crippen molar-refractivity contribution in [3.63, 3.8) is 0 Å². The minimum Gasteiger partial charge on any atom is -0.460 e. The summed E-state index contributed by atoms with van der Waals surface area (Å²) in [4.78, 5) is 12.1. The van der Waals surface area contributed by atoms with Crippen molar-refractivity contribution in [2.75, 3.05) is 0 Å². The molecule has 1 heterocycles. The topological polar surface area (TPSA) is 44.1 Å². The number of esters is 1. The van der Waals surface area contributed by atoms with Crippen LogP contribution in [0.5, 0.6) is 0 Å². The van der Waals surface area contributed by atoms with E-state index in [0.29, 0.717) is 0 Å². The molecule has 0 radical (unpaired) electrons. The summed E-state index contributed by atoms with van der Waals surface area (Å²) in [5.74, 6) is -0.610. The fraction of sp³-hybridized carbons (Fsp3) is 0.412. The van der Waals surface area contributed by atoms with E-state index in [1.54, 1.807) is 10.9 Å². The van der Waals surface area contributed by atoms with Gasteiger partial charge in [-0.15, -0.1) is 0 Å². The van der Waals surface area contributed by atoms with Crippen LogP contribution in [0, 0.1) is 6.92 Å². The maximum absolute atomic E-state index is 12.1. The van der Waals surface area contributed by atoms with E-state index in [9.17, 15) is 4.79 Å². The lowest BCUT2D eigenvalue weighted by Gasteiger charge is -2.21. The molecule has 118 valence electrons. The van der Waals surface area contributed by atoms with Crippen molar-refractivity contribution in [3.05, 3.63) is 46.7 Å². The Kier molecular flexibility index (Phi) is 4.61. The molecule has 0 amide bonds. The van der Waals surface area contributed by atoms with Gasteiger partial charge in [-0.1, -0.05) is 11.6 Å². The van der Waals surface area contributed by atoms with Crippen molar-refractivity contribution in [3.8, 4) is 5.69 Å². The van der Waals surface area contributed by atoms with Gasteiger partial charge in [0.15, 0.2) is 0 Å². The van der Waals surface area contributed by atoms with Crippen LogP contribution in [-0.4, -0.2) is 21.4 Å². The molecule has 0 aliphatic rings. The summed E-state index contributed by atoms with van der Waals surface area (Å²) in [5, 5.41) is 5.04. The average Bonchev–Trinajstić information content (AvgIpc) is 2.88. The number of halogens is 1. The first kappa shape index (κ1) is 16.6. The van der Waals surface area contributed by atoms with Gasteiger partial charge in [0.05, 0.1) is 17.8 Å². The van der Waals surface area contributed by atoms with Crippen LogP contribution >= 0.6 is 11.6 Å². The number of ether oxygens (including phenoxy) is 1. The largest absolute Gasteiger partial charge is 0.460 e. The predicted molar refractivity (Wildman–Crippen MR) is 87.6 cm³/mol. The summed E-state index contributed by atoms with van der Waals surface area (Å²) in [5.41, 5.74) is 2.22. The summed E-state index contributed by atoms with van der Waals surface area (Å²) in [7, 11) is 0. The van der Waals surface area contributed by atoms with Crippen LogP contribution in [0.25, 0.3) is 5.69 Å². The molecule has 0 bridgehead atoms. The first-order valence-corrected chi connectivity index (χ1v) is 7.59. The van der Waals surface area contributed by atoms with Gasteiger partial charge in [-0.05, 0) is 58.4 Å². The molecule has 4 nitrogen and oxygen atoms in total. The van der Waals surface area contributed by atoms with Crippen molar-refractivity contribution in [1.82, 2.24) is 9.78 Å². The summed E-state index contributed by atoms with van der Waals surface area (Å²) >= 11 is 6.04. The molecule has 0 N–H and O–H groups in total. The highest BCUT2D eigenvalue weighted by Gasteiger charge is 2.24. The molecule has 0 aliphatic carbocycles. The van der Waals surface area contributed by atoms with E-state index < -0.39 is 5.60 Å². The van der Waals surface area contributed by atoms with Crippen LogP contribution in [0.2, 0.25) is 5.02 Å². The number of hydrogen-bond acceptors (Lipinski definition) is 3. The third-order valence-corrected chi connectivity index (χ3v) is 3.69. The van der Waals surface area contributed by atoms with Crippen molar-refractivity contribution in [2.24, 2.45) is 0 Å². The average molecular weight is 321 g/mol. The van der Waals surface area contributed by atoms with Crippen molar-refractivity contribution in [1.29, 1.82) is 0 Å². The number of carbonyl (C=O) groups is 1. The second-order valence-corrected chi connectivity index (χ2v) is 6.81. The number of hydrogen-bond donors (Lipinski definition) is 0. The highest BCUT2D eigenvalue weighted by Crippen LogP contribution is 2.22. The smallest absolute Gasteiger partial charge is 0.313 e. The van der Waals surface area contributed by atoms with E-state index in [2.05, 4.69) is 5.10 Å². The summed E-state index contributed by atoms with van der Waals surface area (Å²) in [6.07, 6.45) is 3.54. The third kappa shape index (κ3) is 3.89. The normalized spacial score (nSPS) is 13.0. The van der Waals surface area contributed by atoms with Crippen molar-refractivity contribution in [2.45, 2.75) is 46.1 Å². The third-order valence-electron chi connectivity index (χ3n) is 3.27. The fourth-order valence-electron chi connectivity index (χ4n) is 2.00. The molecule has 1 unspecified atom stereocenters. The van der Waals surface area contributed by atoms with Gasteiger partial charge in [0.1, 0.15) is 5.60 Å². The van der Waals surface area contributed by atoms with E-state index in [0.717, 1.165) is 21.8 Å². The van der Waals surface area contributed by atoms with E-state index in [1.165, 1.54) is 0 Å². The minimum absolute atomic E-state index is 0.251. The molecule has 0 saturated carbocycles. The monoisotopic (exact) mass is 320 g/mol. The number of nitrogens with zero attached hydrogens (tertiary/aromatic N) is 2. The molecule has 2 rings (SSSR count). The van der Waals surface area contributed by atoms with Crippen LogP contribution in [0.15, 0.2) is 30.6 Å². The lowest BCUT2D eigenvalue weighted by Crippen LogP contribution is -2.26. The van der Waals surface area contributed by atoms with E-state index in [-0.39, 0.29) is 11.9 Å². The molecule has 0 aliphatic heterocycles. The number of aryl methyl sites for hydroxylation is 1. The van der Waals surface area contributed by atoms with Crippen LogP contribution in [-0.2, 0) is 9.53 Å². The number of benzene rings is 1. The first-order chi connectivity index (χ1) is 10.2. The van der Waals surface area contributed by atoms with E-state index in [1.807, 2.05) is 59.0 Å². The maximum atomic E-state index is 12.1. The highest BCUT2D eigenvalue weighted by molar-refractivity contribution is 6.31. The van der Waals surface area contributed by atoms with Gasteiger partial charge < -0.3 is 4.74 Å². The molecule has 2 aromatic rings. The SMILES string of the molecule is Cc1cc(-n2cc(C(C)C(=O)OC(C)(C)C)cn2)ccc1Cl. The van der Waals surface area contributed by atoms with Crippen LogP contribution < -0.4 is 0 Å². The lowest BCUT2D eigenvalue weighted by atomic mass is 10.1. The molecule has 0 fully saturated rings. The van der Waals surface area contributed by atoms with Crippen LogP contribution in [0.4, 0.5) is 0 Å². The van der Waals surface area contributed by atoms with Crippen molar-refractivity contribution < 1.29 is 9.53 Å². The molecule has 0 saturated heterocycles. The second kappa shape index (κ2) is 6.13. The Morgan fingerprint density at radius 2 is 2.05 bits per heavy atom. The minimum atomic E-state index is -0.491. The van der Waals surface area contributed by atoms with E-state index >= 15 is 0 Å². The lowest BCUT2D eigenvalue weighted by molar-refractivity contribution is -0.156. The van der Waals surface area contributed by atoms with Crippen molar-refractivity contribution >= 4 is 17.6 Å². The number of carbonyl (C=O) groups excluding carboxylic acids is 1. The molecule has 1 aromatic heterocycles. The maximum Gasteiger partial charge on any atom is 0.313 e. The Balaban J connectivity index is 2.20. The Labute approximate surface area is 136 Å². The summed E-state index contributed by atoms with van der Waals surface area (Å²) in [6, 6.07) is 5.69. The molecular weight excluding hydrogens is 300 g/mol. The second-order valence-electron chi connectivity index (χ2n) is 6.41. The molecule has 1 atom stereocenters. The van der Waals surface area contributed by atoms with Gasteiger partial charge in [-0.3, -0.25) is 4.79 Å². The summed E-state index contributed by atoms with van der Waals surface area (Å²) < 4.78 is 7.15. The number of rotatable bonds is 3. The molecule has 0 spiro atoms. The fourth-order valence-corrected chi connectivity index (χ4v) is 2.12. The van der Waals surface area contributed by atoms with Gasteiger partial charge in [0.25, 0.3) is 0 Å². The highest BCUT2D eigenvalue weighted by atomic mass is 35.5. The first-order valence-electron chi connectivity index (χ1n) is 7.21. The zero-order valence-electron chi connectivity index (χ0n) is 13.6. The van der Waals surface area contributed by atoms with Gasteiger partial charge in [0, 0.05) is 16.8 Å². The van der Waals surface area contributed by atoms with Gasteiger partial charge in [-0.25, -0.2) is 4.68 Å². The molecule has 22 heavy (non-hydrogen) atoms. The van der Waals surface area contributed by atoms with E-state index in [4.69, 9.17) is 16.3 Å². The quantitative estimate of drug-likeness (QED) is 0.793.